The molecule has 2 aromatic heterocycles. The predicted octanol–water partition coefficient (Wildman–Crippen LogP) is 14.1. The van der Waals surface area contributed by atoms with Crippen molar-refractivity contribution in [3.05, 3.63) is 100 Å². The van der Waals surface area contributed by atoms with Gasteiger partial charge < -0.3 is 10.1 Å². The van der Waals surface area contributed by atoms with Gasteiger partial charge in [-0.15, -0.1) is 40.2 Å². The number of pyridine rings is 1. The minimum Gasteiger partial charge on any atom is -0.512 e. The van der Waals surface area contributed by atoms with Gasteiger partial charge in [-0.25, -0.2) is 0 Å². The summed E-state index contributed by atoms with van der Waals surface area (Å²) in [5.41, 5.74) is 11.0. The number of allylic oxidation sites excluding steroid dienone is 2. The van der Waals surface area contributed by atoms with Crippen molar-refractivity contribution in [1.29, 1.82) is 5.26 Å². The van der Waals surface area contributed by atoms with Gasteiger partial charge in [0.1, 0.15) is 0 Å². The van der Waals surface area contributed by atoms with Crippen LogP contribution in [0, 0.1) is 48.5 Å². The normalized spacial score (nSPS) is 16.5. The van der Waals surface area contributed by atoms with Gasteiger partial charge in [0.25, 0.3) is 0 Å². The Hall–Kier alpha value is -3.62. The van der Waals surface area contributed by atoms with Crippen molar-refractivity contribution in [1.82, 2.24) is 4.98 Å². The van der Waals surface area contributed by atoms with Crippen LogP contribution in [-0.4, -0.2) is 15.9 Å². The molecule has 5 aromatic rings. The SMILES string of the molecule is CCC(CC)C(=O)/C=C(\O)C(CC)CC.Cc1[c-]c(-c2nccc3c2sc2c(C)c(C4(C#N)CCC(C)(C)CC4)ccc23)cc2c1-c1ccccc1C2(C)C.[Ir]. The maximum atomic E-state index is 11.7. The standard InChI is InChI=1S/C37H35N2S.C13H24O2.Ir/c1-22-19-24(20-30-31(22)27-9-7-8-10-29(27)36(30,5)6)32-34-26(13-18-39-32)25-11-12-28(23(2)33(25)40-34)37(21-38)16-14-35(3,4)15-17-37;1-5-10(6-2)12(14)9-13(15)11(7-3)8-4;/h7-13,18,20H,14-17H2,1-6H3;9-11,14H,5-8H2,1-4H3;/q-1;;/b;12-9-;. The van der Waals surface area contributed by atoms with Gasteiger partial charge >= 0.3 is 0 Å². The summed E-state index contributed by atoms with van der Waals surface area (Å²) < 4.78 is 2.49. The van der Waals surface area contributed by atoms with Crippen molar-refractivity contribution in [3.8, 4) is 28.5 Å². The Morgan fingerprint density at radius 1 is 0.875 bits per heavy atom. The van der Waals surface area contributed by atoms with Crippen LogP contribution in [0.5, 0.6) is 0 Å². The Bertz CT molecular complexity index is 2310. The zero-order chi connectivity index (χ0) is 39.9. The molecule has 0 unspecified atom stereocenters. The summed E-state index contributed by atoms with van der Waals surface area (Å²) in [6.45, 7) is 21.8. The summed E-state index contributed by atoms with van der Waals surface area (Å²) in [5.74, 6) is 0.547. The molecule has 0 spiro atoms. The second-order valence-corrected chi connectivity index (χ2v) is 18.4. The van der Waals surface area contributed by atoms with Gasteiger partial charge in [0.05, 0.1) is 17.2 Å². The summed E-state index contributed by atoms with van der Waals surface area (Å²) in [6, 6.07) is 24.3. The second kappa shape index (κ2) is 17.1. The van der Waals surface area contributed by atoms with Gasteiger partial charge in [-0.1, -0.05) is 110 Å². The maximum Gasteiger partial charge on any atom is 0.162 e. The first-order valence-corrected chi connectivity index (χ1v) is 21.3. The van der Waals surface area contributed by atoms with Crippen LogP contribution in [0.1, 0.15) is 135 Å². The molecule has 6 heteroatoms. The van der Waals surface area contributed by atoms with E-state index < -0.39 is 5.41 Å². The first-order chi connectivity index (χ1) is 26.2. The number of aryl methyl sites for hydroxylation is 2. The smallest absolute Gasteiger partial charge is 0.162 e. The summed E-state index contributed by atoms with van der Waals surface area (Å²) >= 11 is 1.83. The molecule has 4 nitrogen and oxygen atoms in total. The number of aromatic nitrogens is 1. The number of aliphatic hydroxyl groups is 1. The maximum absolute atomic E-state index is 11.7. The number of rotatable bonds is 9. The molecular formula is C50H59IrN2O2S-. The third kappa shape index (κ3) is 7.81. The number of carbonyl (C=O) groups excluding carboxylic acids is 1. The van der Waals surface area contributed by atoms with Crippen LogP contribution in [0.25, 0.3) is 42.6 Å². The molecule has 2 aliphatic carbocycles. The topological polar surface area (TPSA) is 74.0 Å². The zero-order valence-corrected chi connectivity index (χ0v) is 38.3. The number of nitriles is 1. The Morgan fingerprint density at radius 3 is 2.12 bits per heavy atom. The number of hydrogen-bond donors (Lipinski definition) is 1. The molecule has 2 aliphatic rings. The molecule has 297 valence electrons. The molecule has 1 radical (unpaired) electrons. The molecule has 0 atom stereocenters. The third-order valence-corrected chi connectivity index (χ3v) is 14.5. The van der Waals surface area contributed by atoms with E-state index in [2.05, 4.69) is 102 Å². The first kappa shape index (κ1) is 43.5. The number of benzene rings is 3. The molecule has 1 fully saturated rings. The van der Waals surface area contributed by atoms with Gasteiger partial charge in [-0.05, 0) is 103 Å². The average molecular weight is 944 g/mol. The third-order valence-electron chi connectivity index (χ3n) is 13.1. The van der Waals surface area contributed by atoms with Crippen LogP contribution in [0.15, 0.2) is 66.6 Å². The molecule has 0 amide bonds. The van der Waals surface area contributed by atoms with E-state index in [1.54, 1.807) is 0 Å². The minimum atomic E-state index is -0.392. The summed E-state index contributed by atoms with van der Waals surface area (Å²) in [7, 11) is 0. The molecule has 0 bridgehead atoms. The van der Waals surface area contributed by atoms with Crippen LogP contribution < -0.4 is 0 Å². The Balaban J connectivity index is 0.000000322. The average Bonchev–Trinajstić information content (AvgIpc) is 3.66. The van der Waals surface area contributed by atoms with Crippen LogP contribution in [-0.2, 0) is 35.7 Å². The predicted molar refractivity (Wildman–Crippen MR) is 232 cm³/mol. The quantitative estimate of drug-likeness (QED) is 0.0908. The van der Waals surface area contributed by atoms with Crippen LogP contribution >= 0.6 is 11.3 Å². The van der Waals surface area contributed by atoms with Crippen molar-refractivity contribution >= 4 is 37.3 Å². The van der Waals surface area contributed by atoms with Crippen LogP contribution in [0.4, 0.5) is 0 Å². The van der Waals surface area contributed by atoms with Gasteiger partial charge in [0, 0.05) is 59.3 Å². The molecule has 2 heterocycles. The van der Waals surface area contributed by atoms with E-state index >= 15 is 0 Å². The first-order valence-electron chi connectivity index (χ1n) is 20.5. The molecule has 1 saturated carbocycles. The van der Waals surface area contributed by atoms with Gasteiger partial charge in [-0.2, -0.15) is 5.26 Å². The van der Waals surface area contributed by atoms with E-state index in [0.717, 1.165) is 62.6 Å². The zero-order valence-electron chi connectivity index (χ0n) is 35.1. The van der Waals surface area contributed by atoms with E-state index in [0.29, 0.717) is 5.41 Å². The van der Waals surface area contributed by atoms with Crippen molar-refractivity contribution in [2.75, 3.05) is 0 Å². The number of ketones is 1. The van der Waals surface area contributed by atoms with Crippen molar-refractivity contribution in [2.24, 2.45) is 17.3 Å². The van der Waals surface area contributed by atoms with Crippen molar-refractivity contribution in [2.45, 2.75) is 131 Å². The molecule has 0 saturated heterocycles. The number of hydrogen-bond acceptors (Lipinski definition) is 5. The number of aliphatic hydroxyl groups excluding tert-OH is 1. The molecular weight excluding hydrogens is 885 g/mol. The molecule has 56 heavy (non-hydrogen) atoms. The second-order valence-electron chi connectivity index (χ2n) is 17.4. The molecule has 7 rings (SSSR count). The van der Waals surface area contributed by atoms with Crippen molar-refractivity contribution in [3.63, 3.8) is 0 Å². The summed E-state index contributed by atoms with van der Waals surface area (Å²) in [5, 5.41) is 22.7. The monoisotopic (exact) mass is 944 g/mol. The molecule has 3 aromatic carbocycles. The van der Waals surface area contributed by atoms with Crippen LogP contribution in [0.2, 0.25) is 0 Å². The van der Waals surface area contributed by atoms with E-state index in [4.69, 9.17) is 4.98 Å². The fourth-order valence-corrected chi connectivity index (χ4v) is 10.6. The van der Waals surface area contributed by atoms with Crippen molar-refractivity contribution < 1.29 is 30.0 Å². The van der Waals surface area contributed by atoms with Crippen LogP contribution in [0.3, 0.4) is 0 Å². The van der Waals surface area contributed by atoms with Gasteiger partial charge in [0.2, 0.25) is 0 Å². The molecule has 1 N–H and O–H groups in total. The summed E-state index contributed by atoms with van der Waals surface area (Å²) in [4.78, 5) is 16.7. The number of fused-ring (bicyclic) bond motifs is 6. The minimum absolute atomic E-state index is 0. The number of nitrogens with zero attached hydrogens (tertiary/aromatic N) is 2. The number of carbonyl (C=O) groups is 1. The largest absolute Gasteiger partial charge is 0.512 e. The van der Waals surface area contributed by atoms with Gasteiger partial charge in [-0.3, -0.25) is 4.79 Å². The fraction of sp³-hybridized carbons (Fsp3) is 0.460. The van der Waals surface area contributed by atoms with E-state index in [1.165, 1.54) is 65.2 Å². The van der Waals surface area contributed by atoms with E-state index in [1.807, 2.05) is 45.2 Å². The molecule has 0 aliphatic heterocycles. The number of thiophene rings is 1. The Morgan fingerprint density at radius 2 is 1.50 bits per heavy atom. The Kier molecular flexibility index (Phi) is 13.3. The van der Waals surface area contributed by atoms with E-state index in [-0.39, 0.29) is 48.9 Å². The summed E-state index contributed by atoms with van der Waals surface area (Å²) in [6.07, 6.45) is 10.9. The fourth-order valence-electron chi connectivity index (χ4n) is 9.26. The Labute approximate surface area is 353 Å². The van der Waals surface area contributed by atoms with E-state index in [9.17, 15) is 15.2 Å². The van der Waals surface area contributed by atoms with Gasteiger partial charge in [0.15, 0.2) is 5.78 Å².